The number of aliphatic hydroxyl groups is 1. The van der Waals surface area contributed by atoms with Gasteiger partial charge in [0.15, 0.2) is 0 Å². The number of β-amino-alcohol motifs (C(OH)–C–C–N with tert-alkyl or cyclic N) is 1. The fourth-order valence-electron chi connectivity index (χ4n) is 3.91. The molecule has 0 spiro atoms. The molecule has 1 N–H and O–H groups in total. The molecule has 0 radical (unpaired) electrons. The van der Waals surface area contributed by atoms with Crippen molar-refractivity contribution in [3.63, 3.8) is 0 Å². The van der Waals surface area contributed by atoms with Crippen LogP contribution in [-0.4, -0.2) is 54.7 Å². The van der Waals surface area contributed by atoms with E-state index in [9.17, 15) is 14.3 Å². The molecule has 2 aliphatic heterocycles. The number of carbonyl (C=O) groups is 1. The standard InChI is InChI=1S/C21H24FN3O2/c22-16-5-7-17(8-6-16)24-13-14-25(20-4-2-1-3-19(20)24)21(27)10-12-23-11-9-18(26)15-23/h1-8,18,26H,9-15H2/t18-/m0/s1. The van der Waals surface area contributed by atoms with Gasteiger partial charge in [-0.05, 0) is 42.8 Å². The van der Waals surface area contributed by atoms with Gasteiger partial charge in [-0.1, -0.05) is 12.1 Å². The molecule has 2 aliphatic rings. The molecule has 4 rings (SSSR count). The lowest BCUT2D eigenvalue weighted by Crippen LogP contribution is -2.43. The summed E-state index contributed by atoms with van der Waals surface area (Å²) in [6.07, 6.45) is 0.963. The first-order valence-electron chi connectivity index (χ1n) is 9.45. The van der Waals surface area contributed by atoms with E-state index in [1.165, 1.54) is 12.1 Å². The van der Waals surface area contributed by atoms with E-state index in [1.54, 1.807) is 12.1 Å². The summed E-state index contributed by atoms with van der Waals surface area (Å²) in [5.41, 5.74) is 2.77. The number of aliphatic hydroxyl groups excluding tert-OH is 1. The van der Waals surface area contributed by atoms with Gasteiger partial charge in [0, 0.05) is 44.8 Å². The predicted molar refractivity (Wildman–Crippen MR) is 104 cm³/mol. The number of anilines is 3. The SMILES string of the molecule is O=C(CCN1CC[C@H](O)C1)N1CCN(c2ccc(F)cc2)c2ccccc21. The van der Waals surface area contributed by atoms with E-state index in [4.69, 9.17) is 0 Å². The molecule has 1 amide bonds. The van der Waals surface area contributed by atoms with E-state index in [1.807, 2.05) is 29.2 Å². The maximum Gasteiger partial charge on any atom is 0.228 e. The number of hydrogen-bond acceptors (Lipinski definition) is 4. The number of nitrogens with zero attached hydrogens (tertiary/aromatic N) is 3. The molecule has 0 unspecified atom stereocenters. The number of para-hydroxylation sites is 2. The average Bonchev–Trinajstić information content (AvgIpc) is 3.11. The zero-order valence-corrected chi connectivity index (χ0v) is 15.2. The van der Waals surface area contributed by atoms with Crippen molar-refractivity contribution in [1.29, 1.82) is 0 Å². The van der Waals surface area contributed by atoms with E-state index in [0.29, 0.717) is 32.6 Å². The predicted octanol–water partition coefficient (Wildman–Crippen LogP) is 2.77. The Balaban J connectivity index is 1.50. The first kappa shape index (κ1) is 17.9. The van der Waals surface area contributed by atoms with Crippen molar-refractivity contribution in [3.8, 4) is 0 Å². The van der Waals surface area contributed by atoms with Gasteiger partial charge in [-0.2, -0.15) is 0 Å². The Morgan fingerprint density at radius 1 is 1.04 bits per heavy atom. The fourth-order valence-corrected chi connectivity index (χ4v) is 3.91. The number of amides is 1. The summed E-state index contributed by atoms with van der Waals surface area (Å²) in [6.45, 7) is 3.44. The van der Waals surface area contributed by atoms with Gasteiger partial charge < -0.3 is 19.8 Å². The largest absolute Gasteiger partial charge is 0.392 e. The van der Waals surface area contributed by atoms with Crippen molar-refractivity contribution in [2.24, 2.45) is 0 Å². The van der Waals surface area contributed by atoms with Crippen LogP contribution in [-0.2, 0) is 4.79 Å². The van der Waals surface area contributed by atoms with Crippen LogP contribution in [0.5, 0.6) is 0 Å². The van der Waals surface area contributed by atoms with Crippen LogP contribution in [0.2, 0.25) is 0 Å². The molecule has 0 saturated carbocycles. The summed E-state index contributed by atoms with van der Waals surface area (Å²) < 4.78 is 13.3. The summed E-state index contributed by atoms with van der Waals surface area (Å²) in [5, 5.41) is 9.63. The van der Waals surface area contributed by atoms with Crippen molar-refractivity contribution >= 4 is 23.0 Å². The summed E-state index contributed by atoms with van der Waals surface area (Å²) in [7, 11) is 0. The Kier molecular flexibility index (Phi) is 5.09. The Morgan fingerprint density at radius 2 is 1.78 bits per heavy atom. The average molecular weight is 369 g/mol. The molecular formula is C21H24FN3O2. The van der Waals surface area contributed by atoms with Gasteiger partial charge in [0.05, 0.1) is 17.5 Å². The minimum Gasteiger partial charge on any atom is -0.392 e. The number of likely N-dealkylation sites (tertiary alicyclic amines) is 1. The zero-order chi connectivity index (χ0) is 18.8. The molecule has 0 aliphatic carbocycles. The maximum absolute atomic E-state index is 13.3. The van der Waals surface area contributed by atoms with E-state index >= 15 is 0 Å². The second-order valence-corrected chi connectivity index (χ2v) is 7.16. The van der Waals surface area contributed by atoms with Crippen molar-refractivity contribution in [2.75, 3.05) is 42.5 Å². The Labute approximate surface area is 158 Å². The van der Waals surface area contributed by atoms with Gasteiger partial charge in [-0.15, -0.1) is 0 Å². The molecule has 2 heterocycles. The molecular weight excluding hydrogens is 345 g/mol. The highest BCUT2D eigenvalue weighted by Crippen LogP contribution is 2.37. The molecule has 1 saturated heterocycles. The highest BCUT2D eigenvalue weighted by Gasteiger charge is 2.28. The molecule has 5 nitrogen and oxygen atoms in total. The van der Waals surface area contributed by atoms with Crippen molar-refractivity contribution in [1.82, 2.24) is 4.90 Å². The monoisotopic (exact) mass is 369 g/mol. The second kappa shape index (κ2) is 7.66. The molecule has 27 heavy (non-hydrogen) atoms. The zero-order valence-electron chi connectivity index (χ0n) is 15.2. The van der Waals surface area contributed by atoms with Crippen molar-refractivity contribution < 1.29 is 14.3 Å². The lowest BCUT2D eigenvalue weighted by Gasteiger charge is -2.38. The van der Waals surface area contributed by atoms with Crippen LogP contribution in [0.25, 0.3) is 0 Å². The minimum atomic E-state index is -0.264. The van der Waals surface area contributed by atoms with Gasteiger partial charge >= 0.3 is 0 Å². The van der Waals surface area contributed by atoms with Crippen LogP contribution >= 0.6 is 0 Å². The number of halogens is 1. The van der Waals surface area contributed by atoms with Crippen LogP contribution in [0.3, 0.4) is 0 Å². The van der Waals surface area contributed by atoms with Gasteiger partial charge in [0.1, 0.15) is 5.82 Å². The van der Waals surface area contributed by atoms with Crippen LogP contribution in [0.15, 0.2) is 48.5 Å². The summed E-state index contributed by atoms with van der Waals surface area (Å²) in [6, 6.07) is 14.3. The third kappa shape index (κ3) is 3.82. The third-order valence-electron chi connectivity index (χ3n) is 5.34. The van der Waals surface area contributed by atoms with Gasteiger partial charge in [0.25, 0.3) is 0 Å². The Hall–Kier alpha value is -2.44. The molecule has 1 fully saturated rings. The molecule has 142 valence electrons. The normalized spacial score (nSPS) is 20.0. The lowest BCUT2D eigenvalue weighted by atomic mass is 10.1. The topological polar surface area (TPSA) is 47.0 Å². The number of rotatable bonds is 4. The van der Waals surface area contributed by atoms with Crippen LogP contribution in [0.4, 0.5) is 21.5 Å². The van der Waals surface area contributed by atoms with Crippen molar-refractivity contribution in [2.45, 2.75) is 18.9 Å². The number of carbonyl (C=O) groups excluding carboxylic acids is 1. The van der Waals surface area contributed by atoms with Gasteiger partial charge in [-0.3, -0.25) is 4.79 Å². The number of hydrogen-bond donors (Lipinski definition) is 1. The quantitative estimate of drug-likeness (QED) is 0.900. The first-order valence-corrected chi connectivity index (χ1v) is 9.45. The third-order valence-corrected chi connectivity index (χ3v) is 5.34. The van der Waals surface area contributed by atoms with E-state index in [-0.39, 0.29) is 17.8 Å². The maximum atomic E-state index is 13.3. The summed E-state index contributed by atoms with van der Waals surface area (Å²) in [5.74, 6) is -0.157. The second-order valence-electron chi connectivity index (χ2n) is 7.16. The highest BCUT2D eigenvalue weighted by atomic mass is 19.1. The van der Waals surface area contributed by atoms with Gasteiger partial charge in [0.2, 0.25) is 5.91 Å². The summed E-state index contributed by atoms with van der Waals surface area (Å²) >= 11 is 0. The highest BCUT2D eigenvalue weighted by molar-refractivity contribution is 5.98. The van der Waals surface area contributed by atoms with Gasteiger partial charge in [-0.25, -0.2) is 4.39 Å². The summed E-state index contributed by atoms with van der Waals surface area (Å²) in [4.78, 5) is 19.0. The molecule has 2 aromatic carbocycles. The molecule has 6 heteroatoms. The van der Waals surface area contributed by atoms with Crippen LogP contribution in [0, 0.1) is 5.82 Å². The van der Waals surface area contributed by atoms with Crippen molar-refractivity contribution in [3.05, 3.63) is 54.3 Å². The lowest BCUT2D eigenvalue weighted by molar-refractivity contribution is -0.118. The van der Waals surface area contributed by atoms with E-state index in [0.717, 1.165) is 30.0 Å². The first-order chi connectivity index (χ1) is 13.1. The Morgan fingerprint density at radius 3 is 2.48 bits per heavy atom. The van der Waals surface area contributed by atoms with E-state index in [2.05, 4.69) is 9.80 Å². The molecule has 0 bridgehead atoms. The van der Waals surface area contributed by atoms with Crippen LogP contribution in [0.1, 0.15) is 12.8 Å². The molecule has 0 aromatic heterocycles. The smallest absolute Gasteiger partial charge is 0.228 e. The Bertz CT molecular complexity index is 811. The molecule has 2 aromatic rings. The number of benzene rings is 2. The molecule has 1 atom stereocenters. The number of fused-ring (bicyclic) bond motifs is 1. The van der Waals surface area contributed by atoms with Crippen LogP contribution < -0.4 is 9.80 Å². The fraction of sp³-hybridized carbons (Fsp3) is 0.381. The van der Waals surface area contributed by atoms with E-state index < -0.39 is 0 Å². The minimum absolute atomic E-state index is 0.0996.